The van der Waals surface area contributed by atoms with Crippen LogP contribution in [-0.4, -0.2) is 65.7 Å². The Hall–Kier alpha value is -2.92. The van der Waals surface area contributed by atoms with E-state index < -0.39 is 23.2 Å². The fourth-order valence-electron chi connectivity index (χ4n) is 5.99. The van der Waals surface area contributed by atoms with E-state index in [1.807, 2.05) is 4.90 Å². The smallest absolute Gasteiger partial charge is 0.416 e. The fourth-order valence-corrected chi connectivity index (χ4v) is 6.23. The minimum absolute atomic E-state index is 0.0311. The van der Waals surface area contributed by atoms with E-state index in [4.69, 9.17) is 26.2 Å². The normalized spacial score (nSPS) is 20.8. The summed E-state index contributed by atoms with van der Waals surface area (Å²) < 4.78 is 75.5. The molecule has 0 aromatic heterocycles. The number of halogens is 6. The van der Waals surface area contributed by atoms with Crippen LogP contribution in [0.15, 0.2) is 30.3 Å². The Labute approximate surface area is 251 Å². The quantitative estimate of drug-likeness (QED) is 0.262. The maximum Gasteiger partial charge on any atom is 0.416 e. The van der Waals surface area contributed by atoms with Crippen molar-refractivity contribution in [3.63, 3.8) is 0 Å². The van der Waals surface area contributed by atoms with Gasteiger partial charge in [-0.25, -0.2) is 8.78 Å². The maximum atomic E-state index is 15.7. The second kappa shape index (κ2) is 12.2. The summed E-state index contributed by atoms with van der Waals surface area (Å²) in [4.78, 5) is 25.2. The minimum atomic E-state index is -4.47. The largest absolute Gasteiger partial charge is 0.490 e. The Morgan fingerprint density at radius 1 is 1.07 bits per heavy atom. The third-order valence-electron chi connectivity index (χ3n) is 9.04. The van der Waals surface area contributed by atoms with Crippen LogP contribution in [0.1, 0.15) is 77.9 Å². The molecule has 0 radical (unpaired) electrons. The van der Waals surface area contributed by atoms with Gasteiger partial charge in [0, 0.05) is 43.8 Å². The molecular weight excluding hydrogens is 595 g/mol. The van der Waals surface area contributed by atoms with E-state index >= 15 is 8.78 Å². The summed E-state index contributed by atoms with van der Waals surface area (Å²) in [5.41, 5.74) is -0.788. The highest BCUT2D eigenvalue weighted by Crippen LogP contribution is 2.53. The van der Waals surface area contributed by atoms with E-state index in [0.29, 0.717) is 44.0 Å². The molecule has 1 N–H and O–H groups in total. The van der Waals surface area contributed by atoms with Crippen molar-refractivity contribution in [3.05, 3.63) is 63.4 Å². The Morgan fingerprint density at radius 2 is 1.74 bits per heavy atom. The first-order valence-electron chi connectivity index (χ1n) is 14.5. The molecule has 12 heteroatoms. The van der Waals surface area contributed by atoms with Crippen molar-refractivity contribution in [1.29, 1.82) is 0 Å². The molecule has 1 amide bonds. The Balaban J connectivity index is 0.00000118. The molecule has 2 aliphatic carbocycles. The molecule has 0 atom stereocenters. The van der Waals surface area contributed by atoms with Crippen molar-refractivity contribution in [3.8, 4) is 5.75 Å². The van der Waals surface area contributed by atoms with Gasteiger partial charge in [-0.1, -0.05) is 17.7 Å². The first kappa shape index (κ1) is 31.5. The van der Waals surface area contributed by atoms with E-state index in [2.05, 4.69) is 0 Å². The lowest BCUT2D eigenvalue weighted by atomic mass is 9.93. The molecule has 2 aromatic rings. The number of piperidine rings is 1. The lowest BCUT2D eigenvalue weighted by Gasteiger charge is -2.36. The van der Waals surface area contributed by atoms with Crippen LogP contribution in [0.5, 0.6) is 5.75 Å². The van der Waals surface area contributed by atoms with Gasteiger partial charge in [0.1, 0.15) is 23.8 Å². The maximum absolute atomic E-state index is 15.7. The highest BCUT2D eigenvalue weighted by Gasteiger charge is 2.49. The zero-order valence-electron chi connectivity index (χ0n) is 23.6. The van der Waals surface area contributed by atoms with Gasteiger partial charge in [0.2, 0.25) is 0 Å². The van der Waals surface area contributed by atoms with Gasteiger partial charge in [-0.15, -0.1) is 0 Å². The first-order valence-corrected chi connectivity index (χ1v) is 14.8. The first-order chi connectivity index (χ1) is 20.4. The van der Waals surface area contributed by atoms with Gasteiger partial charge in [0.15, 0.2) is 0 Å². The van der Waals surface area contributed by atoms with Crippen molar-refractivity contribution in [2.24, 2.45) is 5.41 Å². The predicted octanol–water partition coefficient (Wildman–Crippen LogP) is 7.09. The van der Waals surface area contributed by atoms with Crippen LogP contribution in [0, 0.1) is 11.2 Å². The lowest BCUT2D eigenvalue weighted by Crippen LogP contribution is -2.44. The molecule has 234 valence electrons. The number of amides is 1. The predicted molar refractivity (Wildman–Crippen MR) is 150 cm³/mol. The number of nitrogens with zero attached hydrogens (tertiary/aromatic N) is 2. The van der Waals surface area contributed by atoms with Crippen LogP contribution >= 0.6 is 11.6 Å². The number of likely N-dealkylation sites (tertiary alicyclic amines) is 2. The molecule has 0 bridgehead atoms. The third kappa shape index (κ3) is 7.42. The molecule has 2 saturated carbocycles. The van der Waals surface area contributed by atoms with Gasteiger partial charge in [0.05, 0.1) is 11.1 Å². The van der Waals surface area contributed by atoms with Crippen molar-refractivity contribution in [2.75, 3.05) is 32.8 Å². The average Bonchev–Trinajstić information content (AvgIpc) is 3.88. The van der Waals surface area contributed by atoms with Crippen LogP contribution in [0.2, 0.25) is 5.02 Å². The topological polar surface area (TPSA) is 70.1 Å². The number of carbonyl (C=O) groups is 2. The number of carbonyl (C=O) groups excluding carboxylic acids is 1. The molecule has 6 rings (SSSR count). The minimum Gasteiger partial charge on any atom is -0.490 e. The molecular formula is C31H34ClF5N2O4. The van der Waals surface area contributed by atoms with Gasteiger partial charge >= 0.3 is 6.18 Å². The highest BCUT2D eigenvalue weighted by atomic mass is 35.5. The third-order valence-corrected chi connectivity index (χ3v) is 9.39. The number of benzene rings is 2. The molecule has 4 fully saturated rings. The summed E-state index contributed by atoms with van der Waals surface area (Å²) in [7, 11) is 0. The Bertz CT molecular complexity index is 1350. The molecule has 2 saturated heterocycles. The molecule has 43 heavy (non-hydrogen) atoms. The van der Waals surface area contributed by atoms with Crippen molar-refractivity contribution in [1.82, 2.24) is 9.80 Å². The second-order valence-corrected chi connectivity index (χ2v) is 12.7. The standard InChI is InChI=1S/C30H32ClF5N2O2.CH2O2/c31-24-13-21(30(34,35)36)4-3-20(24)16-37-10-8-29(33,9-11-37)18-40-26-15-25(32)23(14-22(26)19-1-2-19)27(39)38-12-7-28(17-38)5-6-28;2-1-3/h3-4,13-15,19H,1-2,5-12,16-18H2;1H,(H,2,3). The molecule has 2 heterocycles. The Kier molecular flexibility index (Phi) is 8.96. The molecule has 6 nitrogen and oxygen atoms in total. The van der Waals surface area contributed by atoms with Gasteiger partial charge < -0.3 is 14.7 Å². The number of rotatable bonds is 7. The molecule has 2 aromatic carbocycles. The summed E-state index contributed by atoms with van der Waals surface area (Å²) in [6.45, 7) is 1.94. The van der Waals surface area contributed by atoms with Crippen molar-refractivity contribution >= 4 is 24.0 Å². The molecule has 4 aliphatic rings. The number of ether oxygens (including phenoxy) is 1. The molecule has 2 aliphatic heterocycles. The van der Waals surface area contributed by atoms with Crippen LogP contribution < -0.4 is 4.74 Å². The van der Waals surface area contributed by atoms with Gasteiger partial charge in [-0.3, -0.25) is 14.5 Å². The van der Waals surface area contributed by atoms with Gasteiger partial charge in [-0.05, 0) is 85.6 Å². The summed E-state index contributed by atoms with van der Waals surface area (Å²) in [6, 6.07) is 6.14. The number of alkyl halides is 4. The second-order valence-electron chi connectivity index (χ2n) is 12.2. The summed E-state index contributed by atoms with van der Waals surface area (Å²) in [5.74, 6) is -0.441. The Morgan fingerprint density at radius 3 is 2.30 bits per heavy atom. The van der Waals surface area contributed by atoms with Crippen LogP contribution in [-0.2, 0) is 17.5 Å². The van der Waals surface area contributed by atoms with E-state index in [1.165, 1.54) is 12.1 Å². The average molecular weight is 629 g/mol. The van der Waals surface area contributed by atoms with E-state index in [9.17, 15) is 18.0 Å². The lowest BCUT2D eigenvalue weighted by molar-refractivity contribution is -0.137. The van der Waals surface area contributed by atoms with Crippen LogP contribution in [0.25, 0.3) is 0 Å². The zero-order valence-corrected chi connectivity index (χ0v) is 24.3. The van der Waals surface area contributed by atoms with E-state index in [1.54, 1.807) is 11.0 Å². The van der Waals surface area contributed by atoms with Crippen molar-refractivity contribution < 1.29 is 41.4 Å². The van der Waals surface area contributed by atoms with E-state index in [0.717, 1.165) is 49.8 Å². The number of hydrogen-bond donors (Lipinski definition) is 1. The number of hydrogen-bond acceptors (Lipinski definition) is 4. The van der Waals surface area contributed by atoms with Crippen LogP contribution in [0.4, 0.5) is 22.0 Å². The van der Waals surface area contributed by atoms with Crippen molar-refractivity contribution in [2.45, 2.75) is 69.3 Å². The fraction of sp³-hybridized carbons (Fsp3) is 0.548. The SMILES string of the molecule is O=C(c1cc(C2CC2)c(OCC2(F)CCN(Cc3ccc(C(F)(F)F)cc3Cl)CC2)cc1F)N1CCC2(CC2)C1.O=CO. The monoisotopic (exact) mass is 628 g/mol. The summed E-state index contributed by atoms with van der Waals surface area (Å²) >= 11 is 6.09. The molecule has 0 unspecified atom stereocenters. The molecule has 1 spiro atoms. The van der Waals surface area contributed by atoms with E-state index in [-0.39, 0.29) is 53.7 Å². The number of carboxylic acid groups (broad SMARTS) is 1. The van der Waals surface area contributed by atoms with Gasteiger partial charge in [0.25, 0.3) is 12.4 Å². The highest BCUT2D eigenvalue weighted by molar-refractivity contribution is 6.31. The van der Waals surface area contributed by atoms with Crippen LogP contribution in [0.3, 0.4) is 0 Å². The zero-order chi connectivity index (χ0) is 31.0. The van der Waals surface area contributed by atoms with Gasteiger partial charge in [-0.2, -0.15) is 13.2 Å². The summed E-state index contributed by atoms with van der Waals surface area (Å²) in [6.07, 6.45) is 0.946. The summed E-state index contributed by atoms with van der Waals surface area (Å²) in [5, 5.41) is 6.92.